The van der Waals surface area contributed by atoms with E-state index in [1.807, 2.05) is 0 Å². The van der Waals surface area contributed by atoms with Gasteiger partial charge in [0.1, 0.15) is 0 Å². The van der Waals surface area contributed by atoms with Gasteiger partial charge in [-0.05, 0) is 77.5 Å². The van der Waals surface area contributed by atoms with E-state index in [-0.39, 0.29) is 0 Å². The molecule has 0 spiro atoms. The van der Waals surface area contributed by atoms with Crippen LogP contribution in [0.15, 0.2) is 4.99 Å². The summed E-state index contributed by atoms with van der Waals surface area (Å²) in [6, 6.07) is 0.582. The van der Waals surface area contributed by atoms with Crippen LogP contribution in [0.4, 0.5) is 0 Å². The lowest BCUT2D eigenvalue weighted by Gasteiger charge is -2.33. The molecule has 2 saturated heterocycles. The molecule has 2 aliphatic heterocycles. The Balaban J connectivity index is 1.68. The van der Waals surface area contributed by atoms with Gasteiger partial charge in [0.25, 0.3) is 0 Å². The van der Waals surface area contributed by atoms with Gasteiger partial charge in [0, 0.05) is 32.2 Å². The minimum absolute atomic E-state index is 0.582. The van der Waals surface area contributed by atoms with Gasteiger partial charge in [-0.1, -0.05) is 20.3 Å². The number of unbranched alkanes of at least 4 members (excludes halogenated alkanes) is 1. The van der Waals surface area contributed by atoms with Crippen LogP contribution in [0.2, 0.25) is 0 Å². The third kappa shape index (κ3) is 7.83. The summed E-state index contributed by atoms with van der Waals surface area (Å²) in [5, 5.41) is 7.14. The Hall–Kier alpha value is -0.810. The minimum Gasteiger partial charge on any atom is -0.357 e. The lowest BCUT2D eigenvalue weighted by Crippen LogP contribution is -2.48. The Morgan fingerprint density at radius 2 is 1.65 bits per heavy atom. The molecule has 2 N–H and O–H groups in total. The van der Waals surface area contributed by atoms with E-state index in [9.17, 15) is 0 Å². The van der Waals surface area contributed by atoms with Crippen molar-refractivity contribution in [2.75, 3.05) is 52.4 Å². The van der Waals surface area contributed by atoms with Gasteiger partial charge >= 0.3 is 0 Å². The van der Waals surface area contributed by atoms with Crippen LogP contribution < -0.4 is 10.6 Å². The first-order valence-corrected chi connectivity index (χ1v) is 11.2. The number of nitrogens with zero attached hydrogens (tertiary/aromatic N) is 3. The largest absolute Gasteiger partial charge is 0.357 e. The van der Waals surface area contributed by atoms with Crippen LogP contribution in [0.5, 0.6) is 0 Å². The van der Waals surface area contributed by atoms with Gasteiger partial charge in [0.2, 0.25) is 0 Å². The predicted molar refractivity (Wildman–Crippen MR) is 113 cm³/mol. The number of guanidine groups is 1. The molecular formula is C21H43N5. The van der Waals surface area contributed by atoms with Crippen LogP contribution in [0.1, 0.15) is 65.7 Å². The summed E-state index contributed by atoms with van der Waals surface area (Å²) in [5.41, 5.74) is 0. The number of rotatable bonds is 9. The van der Waals surface area contributed by atoms with Gasteiger partial charge in [-0.25, -0.2) is 0 Å². The lowest BCUT2D eigenvalue weighted by atomic mass is 9.94. The first kappa shape index (κ1) is 21.5. The van der Waals surface area contributed by atoms with E-state index in [0.29, 0.717) is 6.04 Å². The molecule has 5 heteroatoms. The highest BCUT2D eigenvalue weighted by atomic mass is 15.2. The first-order valence-electron chi connectivity index (χ1n) is 11.2. The summed E-state index contributed by atoms with van der Waals surface area (Å²) in [6.45, 7) is 16.1. The van der Waals surface area contributed by atoms with Crippen LogP contribution in [-0.4, -0.2) is 74.2 Å². The molecule has 0 amide bonds. The molecule has 0 bridgehead atoms. The van der Waals surface area contributed by atoms with E-state index < -0.39 is 0 Å². The van der Waals surface area contributed by atoms with E-state index in [1.54, 1.807) is 0 Å². The van der Waals surface area contributed by atoms with Crippen molar-refractivity contribution in [2.45, 2.75) is 71.8 Å². The zero-order valence-electron chi connectivity index (χ0n) is 17.6. The molecule has 26 heavy (non-hydrogen) atoms. The highest BCUT2D eigenvalue weighted by molar-refractivity contribution is 5.80. The Morgan fingerprint density at radius 3 is 2.27 bits per heavy atom. The van der Waals surface area contributed by atoms with Crippen molar-refractivity contribution in [1.29, 1.82) is 0 Å². The summed E-state index contributed by atoms with van der Waals surface area (Å²) < 4.78 is 0. The van der Waals surface area contributed by atoms with Crippen molar-refractivity contribution in [2.24, 2.45) is 10.9 Å². The smallest absolute Gasteiger partial charge is 0.191 e. The zero-order chi connectivity index (χ0) is 18.6. The summed E-state index contributed by atoms with van der Waals surface area (Å²) in [4.78, 5) is 10.1. The van der Waals surface area contributed by atoms with Crippen LogP contribution >= 0.6 is 0 Å². The summed E-state index contributed by atoms with van der Waals surface area (Å²) in [7, 11) is 0. The molecular weight excluding hydrogens is 322 g/mol. The van der Waals surface area contributed by atoms with Gasteiger partial charge in [0.05, 0.1) is 0 Å². The standard InChI is InChI=1S/C21H43N5/c1-4-7-14-26-17-11-20(12-18-26)24-21(22-5-2)23-13-8-19-9-15-25(6-3)16-10-19/h19-20H,4-18H2,1-3H3,(H2,22,23,24). The van der Waals surface area contributed by atoms with E-state index in [1.165, 1.54) is 84.2 Å². The Labute approximate surface area is 162 Å². The molecule has 0 radical (unpaired) electrons. The highest BCUT2D eigenvalue weighted by Gasteiger charge is 2.20. The van der Waals surface area contributed by atoms with Gasteiger partial charge in [0.15, 0.2) is 5.96 Å². The fraction of sp³-hybridized carbons (Fsp3) is 0.952. The minimum atomic E-state index is 0.582. The quantitative estimate of drug-likeness (QED) is 0.487. The summed E-state index contributed by atoms with van der Waals surface area (Å²) >= 11 is 0. The van der Waals surface area contributed by atoms with Gasteiger partial charge in [-0.2, -0.15) is 0 Å². The molecule has 2 heterocycles. The Bertz CT molecular complexity index is 382. The molecule has 0 aromatic carbocycles. The number of nitrogens with one attached hydrogen (secondary N) is 2. The van der Waals surface area contributed by atoms with E-state index in [2.05, 4.69) is 41.2 Å². The van der Waals surface area contributed by atoms with Crippen molar-refractivity contribution >= 4 is 5.96 Å². The number of piperidine rings is 2. The molecule has 0 atom stereocenters. The molecule has 2 aliphatic rings. The Kier molecular flexibility index (Phi) is 10.4. The second-order valence-corrected chi connectivity index (χ2v) is 8.04. The number of aliphatic imine (C=N–C) groups is 1. The third-order valence-corrected chi connectivity index (χ3v) is 6.06. The van der Waals surface area contributed by atoms with Crippen LogP contribution in [0.3, 0.4) is 0 Å². The van der Waals surface area contributed by atoms with Gasteiger partial charge in [-0.3, -0.25) is 4.99 Å². The number of hydrogen-bond acceptors (Lipinski definition) is 3. The summed E-state index contributed by atoms with van der Waals surface area (Å²) in [5.74, 6) is 1.90. The normalized spacial score (nSPS) is 21.9. The monoisotopic (exact) mass is 365 g/mol. The van der Waals surface area contributed by atoms with Crippen molar-refractivity contribution in [1.82, 2.24) is 20.4 Å². The van der Waals surface area contributed by atoms with Crippen LogP contribution in [0.25, 0.3) is 0 Å². The molecule has 2 rings (SSSR count). The maximum Gasteiger partial charge on any atom is 0.191 e. The van der Waals surface area contributed by atoms with Crippen molar-refractivity contribution in [3.63, 3.8) is 0 Å². The third-order valence-electron chi connectivity index (χ3n) is 6.06. The van der Waals surface area contributed by atoms with Crippen molar-refractivity contribution in [3.05, 3.63) is 0 Å². The van der Waals surface area contributed by atoms with E-state index >= 15 is 0 Å². The fourth-order valence-electron chi connectivity index (χ4n) is 4.15. The van der Waals surface area contributed by atoms with Gasteiger partial charge in [-0.15, -0.1) is 0 Å². The molecule has 5 nitrogen and oxygen atoms in total. The second kappa shape index (κ2) is 12.6. The average Bonchev–Trinajstić information content (AvgIpc) is 2.68. The predicted octanol–water partition coefficient (Wildman–Crippen LogP) is 2.93. The topological polar surface area (TPSA) is 42.9 Å². The molecule has 152 valence electrons. The van der Waals surface area contributed by atoms with E-state index in [0.717, 1.165) is 25.0 Å². The van der Waals surface area contributed by atoms with Gasteiger partial charge < -0.3 is 20.4 Å². The van der Waals surface area contributed by atoms with Crippen molar-refractivity contribution < 1.29 is 0 Å². The van der Waals surface area contributed by atoms with Crippen LogP contribution in [-0.2, 0) is 0 Å². The number of hydrogen-bond donors (Lipinski definition) is 2. The number of likely N-dealkylation sites (tertiary alicyclic amines) is 2. The fourth-order valence-corrected chi connectivity index (χ4v) is 4.15. The van der Waals surface area contributed by atoms with E-state index in [4.69, 9.17) is 4.99 Å². The molecule has 0 unspecified atom stereocenters. The maximum absolute atomic E-state index is 4.88. The SMILES string of the molecule is CCCCN1CCC(NC(=NCCC2CCN(CC)CC2)NCC)CC1. The first-order chi connectivity index (χ1) is 12.7. The molecule has 0 aliphatic carbocycles. The molecule has 0 aromatic rings. The lowest BCUT2D eigenvalue weighted by molar-refractivity contribution is 0.188. The van der Waals surface area contributed by atoms with Crippen molar-refractivity contribution in [3.8, 4) is 0 Å². The molecule has 2 fully saturated rings. The van der Waals surface area contributed by atoms with Crippen LogP contribution in [0, 0.1) is 5.92 Å². The second-order valence-electron chi connectivity index (χ2n) is 8.04. The molecule has 0 aromatic heterocycles. The highest BCUT2D eigenvalue weighted by Crippen LogP contribution is 2.20. The summed E-state index contributed by atoms with van der Waals surface area (Å²) in [6.07, 6.45) is 9.05. The Morgan fingerprint density at radius 1 is 0.962 bits per heavy atom. The zero-order valence-corrected chi connectivity index (χ0v) is 17.6. The average molecular weight is 366 g/mol. The maximum atomic E-state index is 4.88. The molecule has 0 saturated carbocycles.